The van der Waals surface area contributed by atoms with Crippen LogP contribution >= 0.6 is 0 Å². The van der Waals surface area contributed by atoms with E-state index in [1.807, 2.05) is 26.8 Å². The van der Waals surface area contributed by atoms with Crippen LogP contribution in [0.15, 0.2) is 30.3 Å². The van der Waals surface area contributed by atoms with E-state index >= 15 is 0 Å². The fraction of sp³-hybridized carbons (Fsp3) is 0.348. The van der Waals surface area contributed by atoms with Gasteiger partial charge in [-0.25, -0.2) is 4.39 Å². The molecule has 0 aliphatic heterocycles. The van der Waals surface area contributed by atoms with Crippen LogP contribution in [0.25, 0.3) is 22.0 Å². The molecule has 0 aliphatic carbocycles. The number of pyridine rings is 1. The molecule has 2 heteroatoms. The average Bonchev–Trinajstić information content (AvgIpc) is 2.57. The van der Waals surface area contributed by atoms with Crippen molar-refractivity contribution in [3.63, 3.8) is 0 Å². The topological polar surface area (TPSA) is 3.88 Å². The van der Waals surface area contributed by atoms with Crippen LogP contribution in [0.5, 0.6) is 0 Å². The van der Waals surface area contributed by atoms with E-state index in [1.165, 1.54) is 27.7 Å². The number of hydrogen-bond acceptors (Lipinski definition) is 0. The van der Waals surface area contributed by atoms with Crippen molar-refractivity contribution in [2.75, 3.05) is 0 Å². The minimum Gasteiger partial charge on any atom is -0.206 e. The summed E-state index contributed by atoms with van der Waals surface area (Å²) >= 11 is 0. The first-order valence-corrected chi connectivity index (χ1v) is 8.92. The fourth-order valence-corrected chi connectivity index (χ4v) is 3.57. The molecule has 3 rings (SSSR count). The summed E-state index contributed by atoms with van der Waals surface area (Å²) in [5, 5.41) is 2.46. The summed E-state index contributed by atoms with van der Waals surface area (Å²) in [6.45, 7) is 12.3. The number of rotatable bonds is 2. The number of fused-ring (bicyclic) bond motifs is 1. The highest BCUT2D eigenvalue weighted by molar-refractivity contribution is 5.94. The zero-order valence-electron chi connectivity index (χ0n) is 16.3. The van der Waals surface area contributed by atoms with E-state index in [4.69, 9.17) is 0 Å². The SMILES string of the molecule is Cc1cc(-c2c3cc(C(C)C)ccc3cc(C)[n+]2C)c(C)c(C)c1F. The predicted octanol–water partition coefficient (Wildman–Crippen LogP) is 5.83. The van der Waals surface area contributed by atoms with Crippen molar-refractivity contribution >= 4 is 10.8 Å². The molecule has 0 amide bonds. The Bertz CT molecular complexity index is 984. The van der Waals surface area contributed by atoms with E-state index in [0.29, 0.717) is 11.5 Å². The summed E-state index contributed by atoms with van der Waals surface area (Å²) in [6.07, 6.45) is 0. The molecule has 25 heavy (non-hydrogen) atoms. The molecule has 3 aromatic rings. The van der Waals surface area contributed by atoms with Crippen LogP contribution in [0.1, 0.15) is 47.7 Å². The van der Waals surface area contributed by atoms with Gasteiger partial charge in [-0.2, -0.15) is 4.57 Å². The maximum atomic E-state index is 14.3. The highest BCUT2D eigenvalue weighted by Crippen LogP contribution is 2.33. The lowest BCUT2D eigenvalue weighted by Crippen LogP contribution is -2.35. The number of benzene rings is 2. The molecule has 0 atom stereocenters. The number of aryl methyl sites for hydroxylation is 2. The molecular weight excluding hydrogens is 309 g/mol. The summed E-state index contributed by atoms with van der Waals surface area (Å²) in [6, 6.07) is 10.9. The van der Waals surface area contributed by atoms with Crippen molar-refractivity contribution in [2.45, 2.75) is 47.5 Å². The van der Waals surface area contributed by atoms with Crippen molar-refractivity contribution in [2.24, 2.45) is 7.05 Å². The van der Waals surface area contributed by atoms with E-state index in [2.05, 4.69) is 56.7 Å². The largest absolute Gasteiger partial charge is 0.220 e. The number of aromatic nitrogens is 1. The second-order valence-corrected chi connectivity index (χ2v) is 7.50. The molecule has 0 unspecified atom stereocenters. The summed E-state index contributed by atoms with van der Waals surface area (Å²) < 4.78 is 16.6. The van der Waals surface area contributed by atoms with Crippen molar-refractivity contribution in [3.8, 4) is 11.3 Å². The third-order valence-corrected chi connectivity index (χ3v) is 5.49. The quantitative estimate of drug-likeness (QED) is 0.519. The first-order valence-electron chi connectivity index (χ1n) is 8.92. The van der Waals surface area contributed by atoms with Gasteiger partial charge in [-0.05, 0) is 66.5 Å². The maximum Gasteiger partial charge on any atom is 0.220 e. The van der Waals surface area contributed by atoms with Gasteiger partial charge < -0.3 is 0 Å². The molecule has 0 saturated carbocycles. The Hall–Kier alpha value is -2.22. The van der Waals surface area contributed by atoms with Gasteiger partial charge in [-0.1, -0.05) is 26.0 Å². The molecule has 1 nitrogen and oxygen atoms in total. The molecule has 130 valence electrons. The van der Waals surface area contributed by atoms with Crippen LogP contribution in [0, 0.1) is 33.5 Å². The van der Waals surface area contributed by atoms with Gasteiger partial charge in [0.25, 0.3) is 0 Å². The molecule has 0 saturated heterocycles. The van der Waals surface area contributed by atoms with Crippen LogP contribution < -0.4 is 4.57 Å². The van der Waals surface area contributed by atoms with Crippen LogP contribution in [-0.4, -0.2) is 0 Å². The first-order chi connectivity index (χ1) is 11.7. The van der Waals surface area contributed by atoms with Crippen molar-refractivity contribution < 1.29 is 8.96 Å². The Kier molecular flexibility index (Phi) is 4.40. The zero-order valence-corrected chi connectivity index (χ0v) is 16.3. The van der Waals surface area contributed by atoms with Crippen LogP contribution in [0.2, 0.25) is 0 Å². The molecule has 0 N–H and O–H groups in total. The average molecular weight is 336 g/mol. The molecule has 0 aliphatic rings. The molecule has 0 fully saturated rings. The predicted molar refractivity (Wildman–Crippen MR) is 104 cm³/mol. The lowest BCUT2D eigenvalue weighted by atomic mass is 9.92. The zero-order chi connectivity index (χ0) is 18.5. The van der Waals surface area contributed by atoms with Crippen molar-refractivity contribution in [1.29, 1.82) is 0 Å². The Morgan fingerprint density at radius 3 is 2.24 bits per heavy atom. The van der Waals surface area contributed by atoms with Gasteiger partial charge in [-0.3, -0.25) is 0 Å². The number of halogens is 1. The molecule has 1 aromatic heterocycles. The highest BCUT2D eigenvalue weighted by Gasteiger charge is 2.22. The minimum atomic E-state index is -0.0938. The molecule has 0 spiro atoms. The second kappa shape index (κ2) is 6.25. The van der Waals surface area contributed by atoms with E-state index < -0.39 is 0 Å². The van der Waals surface area contributed by atoms with Gasteiger partial charge in [0.15, 0.2) is 5.69 Å². The third-order valence-electron chi connectivity index (χ3n) is 5.49. The Labute approximate surface area is 150 Å². The van der Waals surface area contributed by atoms with Gasteiger partial charge in [0.1, 0.15) is 12.9 Å². The Morgan fingerprint density at radius 2 is 1.60 bits per heavy atom. The highest BCUT2D eigenvalue weighted by atomic mass is 19.1. The molecule has 0 bridgehead atoms. The van der Waals surface area contributed by atoms with Gasteiger partial charge in [0.2, 0.25) is 5.69 Å². The number of hydrogen-bond donors (Lipinski definition) is 0. The van der Waals surface area contributed by atoms with Gasteiger partial charge in [-0.15, -0.1) is 0 Å². The first kappa shape index (κ1) is 17.6. The Morgan fingerprint density at radius 1 is 0.920 bits per heavy atom. The molecular formula is C23H27FN+. The standard InChI is InChI=1S/C23H27FN/c1-13(2)18-8-9-19-11-15(4)25(7)23(21(19)12-18)20-10-14(3)22(24)17(6)16(20)5/h8-13H,1-7H3/q+1. The minimum absolute atomic E-state index is 0.0938. The van der Waals surface area contributed by atoms with Crippen LogP contribution in [-0.2, 0) is 7.05 Å². The van der Waals surface area contributed by atoms with Crippen LogP contribution in [0.4, 0.5) is 4.39 Å². The summed E-state index contributed by atoms with van der Waals surface area (Å²) in [4.78, 5) is 0. The van der Waals surface area contributed by atoms with Crippen LogP contribution in [0.3, 0.4) is 0 Å². The molecule has 0 radical (unpaired) electrons. The normalized spacial score (nSPS) is 11.6. The molecule has 2 aromatic carbocycles. The fourth-order valence-electron chi connectivity index (χ4n) is 3.57. The van der Waals surface area contributed by atoms with Gasteiger partial charge in [0.05, 0.1) is 10.9 Å². The van der Waals surface area contributed by atoms with E-state index in [9.17, 15) is 4.39 Å². The monoisotopic (exact) mass is 336 g/mol. The lowest BCUT2D eigenvalue weighted by Gasteiger charge is -2.15. The number of nitrogens with zero attached hydrogens (tertiary/aromatic N) is 1. The molecule has 1 heterocycles. The van der Waals surface area contributed by atoms with E-state index in [1.54, 1.807) is 0 Å². The van der Waals surface area contributed by atoms with Gasteiger partial charge >= 0.3 is 0 Å². The Balaban J connectivity index is 2.47. The summed E-state index contributed by atoms with van der Waals surface area (Å²) in [5.74, 6) is 0.380. The maximum absolute atomic E-state index is 14.3. The summed E-state index contributed by atoms with van der Waals surface area (Å²) in [7, 11) is 2.10. The van der Waals surface area contributed by atoms with E-state index in [-0.39, 0.29) is 5.82 Å². The smallest absolute Gasteiger partial charge is 0.206 e. The lowest BCUT2D eigenvalue weighted by molar-refractivity contribution is -0.665. The summed E-state index contributed by atoms with van der Waals surface area (Å²) in [5.41, 5.74) is 7.26. The van der Waals surface area contributed by atoms with Crippen molar-refractivity contribution in [3.05, 3.63) is 64.1 Å². The van der Waals surface area contributed by atoms with Crippen molar-refractivity contribution in [1.82, 2.24) is 0 Å². The van der Waals surface area contributed by atoms with E-state index in [0.717, 1.165) is 16.7 Å². The third kappa shape index (κ3) is 2.84. The van der Waals surface area contributed by atoms with Gasteiger partial charge in [0, 0.05) is 13.0 Å². The second-order valence-electron chi connectivity index (χ2n) is 7.50.